The first-order chi connectivity index (χ1) is 12.6. The molecule has 3 rings (SSSR count). The van der Waals surface area contributed by atoms with Crippen molar-refractivity contribution in [2.24, 2.45) is 5.92 Å². The number of nitrogens with zero attached hydrogens (tertiary/aromatic N) is 2. The van der Waals surface area contributed by atoms with Gasteiger partial charge in [0.1, 0.15) is 16.5 Å². The molecule has 0 saturated carbocycles. The predicted octanol–water partition coefficient (Wildman–Crippen LogP) is 4.17. The molecular weight excluding hydrogens is 346 g/mol. The van der Waals surface area contributed by atoms with Crippen LogP contribution >= 0.6 is 11.3 Å². The van der Waals surface area contributed by atoms with Crippen LogP contribution in [0, 0.1) is 5.92 Å². The molecule has 26 heavy (non-hydrogen) atoms. The van der Waals surface area contributed by atoms with Crippen molar-refractivity contribution in [1.29, 1.82) is 0 Å². The molecule has 5 nitrogen and oxygen atoms in total. The minimum atomic E-state index is -0.184. The predicted molar refractivity (Wildman–Crippen MR) is 103 cm³/mol. The van der Waals surface area contributed by atoms with E-state index in [2.05, 4.69) is 29.1 Å². The fourth-order valence-electron chi connectivity index (χ4n) is 2.27. The maximum absolute atomic E-state index is 12.3. The Morgan fingerprint density at radius 1 is 1.23 bits per heavy atom. The molecule has 1 N–H and O–H groups in total. The molecule has 1 amide bonds. The van der Waals surface area contributed by atoms with Crippen molar-refractivity contribution in [3.63, 3.8) is 0 Å². The number of pyridine rings is 1. The van der Waals surface area contributed by atoms with Gasteiger partial charge in [0.15, 0.2) is 0 Å². The Morgan fingerprint density at radius 3 is 2.81 bits per heavy atom. The van der Waals surface area contributed by atoms with Crippen LogP contribution in [0.1, 0.15) is 29.9 Å². The Hall–Kier alpha value is -2.73. The molecule has 0 aliphatic heterocycles. The first-order valence-corrected chi connectivity index (χ1v) is 9.35. The largest absolute Gasteiger partial charge is 0.493 e. The van der Waals surface area contributed by atoms with Gasteiger partial charge in [-0.2, -0.15) is 0 Å². The number of aromatic nitrogens is 2. The smallest absolute Gasteiger partial charge is 0.271 e. The number of nitrogens with one attached hydrogen (secondary N) is 1. The Balaban J connectivity index is 1.65. The van der Waals surface area contributed by atoms with Crippen LogP contribution in [0.15, 0.2) is 54.2 Å². The molecule has 6 heteroatoms. The quantitative estimate of drug-likeness (QED) is 0.681. The highest BCUT2D eigenvalue weighted by Crippen LogP contribution is 2.27. The lowest BCUT2D eigenvalue weighted by Gasteiger charge is -2.09. The fraction of sp³-hybridized carbons (Fsp3) is 0.250. The number of amides is 1. The second-order valence-electron chi connectivity index (χ2n) is 6.31. The molecule has 0 spiro atoms. The zero-order valence-corrected chi connectivity index (χ0v) is 15.6. The molecule has 3 aromatic rings. The third-order valence-corrected chi connectivity index (χ3v) is 4.49. The number of hydrogen-bond acceptors (Lipinski definition) is 5. The zero-order chi connectivity index (χ0) is 18.4. The van der Waals surface area contributed by atoms with Gasteiger partial charge in [-0.3, -0.25) is 9.78 Å². The Kier molecular flexibility index (Phi) is 5.96. The molecule has 1 aromatic carbocycles. The maximum atomic E-state index is 12.3. The van der Waals surface area contributed by atoms with Crippen molar-refractivity contribution >= 4 is 17.2 Å². The van der Waals surface area contributed by atoms with Crippen LogP contribution in [-0.2, 0) is 6.54 Å². The Morgan fingerprint density at radius 2 is 2.04 bits per heavy atom. The van der Waals surface area contributed by atoms with E-state index in [0.29, 0.717) is 24.8 Å². The molecule has 0 fully saturated rings. The summed E-state index contributed by atoms with van der Waals surface area (Å²) >= 11 is 1.45. The van der Waals surface area contributed by atoms with E-state index in [1.807, 2.05) is 36.4 Å². The third-order valence-electron chi connectivity index (χ3n) is 3.60. The maximum Gasteiger partial charge on any atom is 0.271 e. The Labute approximate surface area is 157 Å². The van der Waals surface area contributed by atoms with Crippen molar-refractivity contribution in [3.05, 3.63) is 65.4 Å². The molecule has 2 aromatic heterocycles. The lowest BCUT2D eigenvalue weighted by atomic mass is 10.2. The molecule has 0 saturated heterocycles. The molecule has 0 unspecified atom stereocenters. The second kappa shape index (κ2) is 8.58. The summed E-state index contributed by atoms with van der Waals surface area (Å²) in [6.45, 7) is 5.35. The minimum absolute atomic E-state index is 0.184. The van der Waals surface area contributed by atoms with E-state index in [1.165, 1.54) is 11.3 Å². The molecule has 0 radical (unpaired) electrons. The van der Waals surface area contributed by atoms with Gasteiger partial charge in [0.05, 0.1) is 6.61 Å². The average molecular weight is 367 g/mol. The summed E-state index contributed by atoms with van der Waals surface area (Å²) in [7, 11) is 0. The summed E-state index contributed by atoms with van der Waals surface area (Å²) in [5.41, 5.74) is 2.37. The van der Waals surface area contributed by atoms with E-state index in [0.717, 1.165) is 21.9 Å². The molecule has 0 aliphatic carbocycles. The number of carbonyl (C=O) groups is 1. The number of benzene rings is 1. The summed E-state index contributed by atoms with van der Waals surface area (Å²) in [6, 6.07) is 11.5. The lowest BCUT2D eigenvalue weighted by molar-refractivity contribution is 0.0946. The lowest BCUT2D eigenvalue weighted by Crippen LogP contribution is -2.23. The highest BCUT2D eigenvalue weighted by molar-refractivity contribution is 7.13. The summed E-state index contributed by atoms with van der Waals surface area (Å²) in [5, 5.41) is 5.45. The topological polar surface area (TPSA) is 64.1 Å². The van der Waals surface area contributed by atoms with Gasteiger partial charge in [0.2, 0.25) is 0 Å². The van der Waals surface area contributed by atoms with Crippen LogP contribution < -0.4 is 10.1 Å². The number of thiazole rings is 1. The van der Waals surface area contributed by atoms with E-state index in [9.17, 15) is 4.79 Å². The number of carbonyl (C=O) groups excluding carboxylic acids is 1. The van der Waals surface area contributed by atoms with Gasteiger partial charge in [-0.05, 0) is 35.7 Å². The molecule has 0 atom stereocenters. The summed E-state index contributed by atoms with van der Waals surface area (Å²) in [6.07, 6.45) is 3.41. The molecule has 0 bridgehead atoms. The van der Waals surface area contributed by atoms with Crippen LogP contribution in [0.25, 0.3) is 10.6 Å². The molecular formula is C20H21N3O2S. The van der Waals surface area contributed by atoms with Crippen molar-refractivity contribution in [3.8, 4) is 16.3 Å². The van der Waals surface area contributed by atoms with Crippen molar-refractivity contribution in [2.45, 2.75) is 20.4 Å². The van der Waals surface area contributed by atoms with E-state index in [1.54, 1.807) is 17.8 Å². The summed E-state index contributed by atoms with van der Waals surface area (Å²) in [4.78, 5) is 20.7. The van der Waals surface area contributed by atoms with E-state index >= 15 is 0 Å². The van der Waals surface area contributed by atoms with Crippen LogP contribution in [0.5, 0.6) is 5.75 Å². The Bertz CT molecular complexity index is 862. The van der Waals surface area contributed by atoms with E-state index in [-0.39, 0.29) is 5.91 Å². The van der Waals surface area contributed by atoms with Gasteiger partial charge in [-0.15, -0.1) is 11.3 Å². The summed E-state index contributed by atoms with van der Waals surface area (Å²) < 4.78 is 5.76. The van der Waals surface area contributed by atoms with Crippen molar-refractivity contribution < 1.29 is 9.53 Å². The van der Waals surface area contributed by atoms with Crippen LogP contribution in [-0.4, -0.2) is 22.5 Å². The number of rotatable bonds is 7. The van der Waals surface area contributed by atoms with Gasteiger partial charge < -0.3 is 10.1 Å². The minimum Gasteiger partial charge on any atom is -0.493 e. The third kappa shape index (κ3) is 4.89. The highest BCUT2D eigenvalue weighted by Gasteiger charge is 2.12. The monoisotopic (exact) mass is 367 g/mol. The average Bonchev–Trinajstić information content (AvgIpc) is 3.16. The van der Waals surface area contributed by atoms with Gasteiger partial charge in [-0.1, -0.05) is 26.0 Å². The van der Waals surface area contributed by atoms with Crippen molar-refractivity contribution in [2.75, 3.05) is 6.61 Å². The van der Waals surface area contributed by atoms with Crippen LogP contribution in [0.3, 0.4) is 0 Å². The zero-order valence-electron chi connectivity index (χ0n) is 14.8. The van der Waals surface area contributed by atoms with Gasteiger partial charge in [-0.25, -0.2) is 4.98 Å². The molecule has 0 aliphatic rings. The van der Waals surface area contributed by atoms with E-state index in [4.69, 9.17) is 4.74 Å². The molecule has 134 valence electrons. The van der Waals surface area contributed by atoms with Gasteiger partial charge >= 0.3 is 0 Å². The SMILES string of the molecule is CC(C)COc1cccc(-c2nc(C(=O)NCc3ccncc3)cs2)c1. The highest BCUT2D eigenvalue weighted by atomic mass is 32.1. The van der Waals surface area contributed by atoms with Crippen LogP contribution in [0.4, 0.5) is 0 Å². The number of hydrogen-bond donors (Lipinski definition) is 1. The summed E-state index contributed by atoms with van der Waals surface area (Å²) in [5.74, 6) is 1.10. The second-order valence-corrected chi connectivity index (χ2v) is 7.17. The van der Waals surface area contributed by atoms with E-state index < -0.39 is 0 Å². The fourth-order valence-corrected chi connectivity index (χ4v) is 3.06. The van der Waals surface area contributed by atoms with Gasteiger partial charge in [0.25, 0.3) is 5.91 Å². The normalized spacial score (nSPS) is 10.7. The van der Waals surface area contributed by atoms with Crippen LogP contribution in [0.2, 0.25) is 0 Å². The van der Waals surface area contributed by atoms with Gasteiger partial charge in [0, 0.05) is 29.9 Å². The molecule has 2 heterocycles. The van der Waals surface area contributed by atoms with Crippen molar-refractivity contribution in [1.82, 2.24) is 15.3 Å². The standard InChI is InChI=1S/C20H21N3O2S/c1-14(2)12-25-17-5-3-4-16(10-17)20-23-18(13-26-20)19(24)22-11-15-6-8-21-9-7-15/h3-10,13-14H,11-12H2,1-2H3,(H,22,24). The first-order valence-electron chi connectivity index (χ1n) is 8.47. The first kappa shape index (κ1) is 18.1. The number of ether oxygens (including phenoxy) is 1.